The van der Waals surface area contributed by atoms with Gasteiger partial charge in [0, 0.05) is 5.56 Å². The largest absolute Gasteiger partial charge is 0.454 e. The van der Waals surface area contributed by atoms with Crippen molar-refractivity contribution < 1.29 is 19.1 Å². The minimum Gasteiger partial charge on any atom is -0.454 e. The van der Waals surface area contributed by atoms with Gasteiger partial charge in [0.15, 0.2) is 6.61 Å². The van der Waals surface area contributed by atoms with Crippen LogP contribution in [-0.2, 0) is 14.3 Å². The van der Waals surface area contributed by atoms with Crippen molar-refractivity contribution in [2.45, 2.75) is 13.0 Å². The average Bonchev–Trinajstić information content (AvgIpc) is 2.82. The lowest BCUT2D eigenvalue weighted by Gasteiger charge is -2.14. The molecule has 31 heavy (non-hydrogen) atoms. The summed E-state index contributed by atoms with van der Waals surface area (Å²) in [6.45, 7) is 1.12. The molecule has 6 heteroatoms. The average molecular weight is 416 g/mol. The highest BCUT2D eigenvalue weighted by Gasteiger charge is 2.13. The zero-order chi connectivity index (χ0) is 22.1. The first-order chi connectivity index (χ1) is 15.0. The molecule has 0 saturated heterocycles. The van der Waals surface area contributed by atoms with E-state index in [4.69, 9.17) is 4.74 Å². The Bertz CT molecular complexity index is 1020. The van der Waals surface area contributed by atoms with Crippen molar-refractivity contribution in [3.05, 3.63) is 96.1 Å². The van der Waals surface area contributed by atoms with Crippen molar-refractivity contribution in [2.75, 3.05) is 13.2 Å². The van der Waals surface area contributed by atoms with Gasteiger partial charge in [-0.25, -0.2) is 0 Å². The molecule has 158 valence electrons. The van der Waals surface area contributed by atoms with E-state index in [0.717, 1.165) is 16.7 Å². The summed E-state index contributed by atoms with van der Waals surface area (Å²) in [5.41, 5.74) is 3.43. The second kappa shape index (κ2) is 10.7. The first-order valence-corrected chi connectivity index (χ1v) is 9.96. The number of nitrogens with one attached hydrogen (secondary N) is 2. The molecule has 0 spiro atoms. The van der Waals surface area contributed by atoms with Gasteiger partial charge >= 0.3 is 5.97 Å². The van der Waals surface area contributed by atoms with Crippen LogP contribution in [0.1, 0.15) is 28.9 Å². The SMILES string of the molecule is C[C@H](NC(=O)COC(=O)CNC(=O)c1ccc(-c2ccccc2)cc1)c1ccccc1. The zero-order valence-corrected chi connectivity index (χ0v) is 17.2. The van der Waals surface area contributed by atoms with Gasteiger partial charge in [-0.1, -0.05) is 72.8 Å². The third kappa shape index (κ3) is 6.54. The Morgan fingerprint density at radius 1 is 0.806 bits per heavy atom. The maximum Gasteiger partial charge on any atom is 0.325 e. The first-order valence-electron chi connectivity index (χ1n) is 9.96. The van der Waals surface area contributed by atoms with Gasteiger partial charge in [0.1, 0.15) is 6.54 Å². The molecule has 0 unspecified atom stereocenters. The number of ether oxygens (including phenoxy) is 1. The normalized spacial score (nSPS) is 11.3. The Kier molecular flexibility index (Phi) is 7.54. The molecule has 3 rings (SSSR count). The van der Waals surface area contributed by atoms with E-state index in [-0.39, 0.29) is 12.6 Å². The van der Waals surface area contributed by atoms with Crippen LogP contribution in [-0.4, -0.2) is 30.9 Å². The summed E-state index contributed by atoms with van der Waals surface area (Å²) in [6, 6.07) is 26.2. The van der Waals surface area contributed by atoms with Gasteiger partial charge in [0.2, 0.25) is 0 Å². The lowest BCUT2D eigenvalue weighted by Crippen LogP contribution is -2.34. The molecule has 2 amide bonds. The third-order valence-electron chi connectivity index (χ3n) is 4.69. The standard InChI is InChI=1S/C25H24N2O4/c1-18(19-8-4-2-5-9-19)27-23(28)17-31-24(29)16-26-25(30)22-14-12-21(13-15-22)20-10-6-3-7-11-20/h2-15,18H,16-17H2,1H3,(H,26,30)(H,27,28)/t18-/m0/s1. The van der Waals surface area contributed by atoms with Crippen LogP contribution >= 0.6 is 0 Å². The number of amides is 2. The van der Waals surface area contributed by atoms with Crippen LogP contribution in [0.3, 0.4) is 0 Å². The number of carbonyl (C=O) groups is 3. The summed E-state index contributed by atoms with van der Waals surface area (Å²) < 4.78 is 4.94. The van der Waals surface area contributed by atoms with Crippen molar-refractivity contribution in [1.29, 1.82) is 0 Å². The predicted octanol–water partition coefficient (Wildman–Crippen LogP) is 3.50. The van der Waals surface area contributed by atoms with Crippen LogP contribution in [0.5, 0.6) is 0 Å². The predicted molar refractivity (Wildman–Crippen MR) is 118 cm³/mol. The van der Waals surface area contributed by atoms with Crippen molar-refractivity contribution in [1.82, 2.24) is 10.6 Å². The Labute approximate surface area is 181 Å². The molecule has 6 nitrogen and oxygen atoms in total. The van der Waals surface area contributed by atoms with Gasteiger partial charge < -0.3 is 15.4 Å². The molecule has 0 fully saturated rings. The maximum atomic E-state index is 12.2. The van der Waals surface area contributed by atoms with Gasteiger partial charge in [-0.05, 0) is 35.7 Å². The van der Waals surface area contributed by atoms with Gasteiger partial charge in [0.25, 0.3) is 11.8 Å². The molecule has 1 atom stereocenters. The highest BCUT2D eigenvalue weighted by Crippen LogP contribution is 2.19. The van der Waals surface area contributed by atoms with E-state index in [0.29, 0.717) is 5.56 Å². The van der Waals surface area contributed by atoms with Crippen LogP contribution in [0.4, 0.5) is 0 Å². The van der Waals surface area contributed by atoms with Crippen LogP contribution in [0.15, 0.2) is 84.9 Å². The molecule has 0 saturated carbocycles. The summed E-state index contributed by atoms with van der Waals surface area (Å²) >= 11 is 0. The molecular weight excluding hydrogens is 392 g/mol. The zero-order valence-electron chi connectivity index (χ0n) is 17.2. The van der Waals surface area contributed by atoms with Crippen LogP contribution < -0.4 is 10.6 Å². The summed E-state index contributed by atoms with van der Waals surface area (Å²) in [6.07, 6.45) is 0. The molecule has 3 aromatic rings. The summed E-state index contributed by atoms with van der Waals surface area (Å²) in [5, 5.41) is 5.26. The van der Waals surface area contributed by atoms with Gasteiger partial charge in [-0.3, -0.25) is 14.4 Å². The monoisotopic (exact) mass is 416 g/mol. The van der Waals surface area contributed by atoms with E-state index < -0.39 is 24.4 Å². The van der Waals surface area contributed by atoms with E-state index in [9.17, 15) is 14.4 Å². The second-order valence-corrected chi connectivity index (χ2v) is 6.99. The van der Waals surface area contributed by atoms with Crippen LogP contribution in [0.2, 0.25) is 0 Å². The number of benzene rings is 3. The van der Waals surface area contributed by atoms with E-state index in [1.54, 1.807) is 12.1 Å². The molecule has 0 aromatic heterocycles. The van der Waals surface area contributed by atoms with Crippen molar-refractivity contribution >= 4 is 17.8 Å². The Morgan fingerprint density at radius 2 is 1.39 bits per heavy atom. The van der Waals surface area contributed by atoms with Gasteiger partial charge in [-0.15, -0.1) is 0 Å². The minimum absolute atomic E-state index is 0.203. The Morgan fingerprint density at radius 3 is 2.03 bits per heavy atom. The Balaban J connectivity index is 1.41. The van der Waals surface area contributed by atoms with Crippen molar-refractivity contribution in [3.8, 4) is 11.1 Å². The summed E-state index contributed by atoms with van der Waals surface area (Å²) in [5.74, 6) is -1.48. The lowest BCUT2D eigenvalue weighted by molar-refractivity contribution is -0.147. The molecule has 3 aromatic carbocycles. The molecule has 0 bridgehead atoms. The quantitative estimate of drug-likeness (QED) is 0.551. The number of rotatable bonds is 8. The fourth-order valence-electron chi connectivity index (χ4n) is 3.00. The first kappa shape index (κ1) is 21.8. The van der Waals surface area contributed by atoms with Crippen LogP contribution in [0.25, 0.3) is 11.1 Å². The molecule has 0 radical (unpaired) electrons. The lowest BCUT2D eigenvalue weighted by atomic mass is 10.0. The molecular formula is C25H24N2O4. The molecule has 2 N–H and O–H groups in total. The van der Waals surface area contributed by atoms with Crippen LogP contribution in [0, 0.1) is 0 Å². The molecule has 0 heterocycles. The molecule has 0 aliphatic carbocycles. The second-order valence-electron chi connectivity index (χ2n) is 6.99. The van der Waals surface area contributed by atoms with E-state index in [2.05, 4.69) is 10.6 Å². The Hall–Kier alpha value is -3.93. The summed E-state index contributed by atoms with van der Waals surface area (Å²) in [7, 11) is 0. The third-order valence-corrected chi connectivity index (χ3v) is 4.69. The maximum absolute atomic E-state index is 12.2. The number of hydrogen-bond acceptors (Lipinski definition) is 4. The summed E-state index contributed by atoms with van der Waals surface area (Å²) in [4.78, 5) is 36.1. The van der Waals surface area contributed by atoms with E-state index >= 15 is 0 Å². The van der Waals surface area contributed by atoms with Gasteiger partial charge in [-0.2, -0.15) is 0 Å². The van der Waals surface area contributed by atoms with Crippen molar-refractivity contribution in [3.63, 3.8) is 0 Å². The van der Waals surface area contributed by atoms with Gasteiger partial charge in [0.05, 0.1) is 6.04 Å². The topological polar surface area (TPSA) is 84.5 Å². The smallest absolute Gasteiger partial charge is 0.325 e. The van der Waals surface area contributed by atoms with E-state index in [1.165, 1.54) is 0 Å². The van der Waals surface area contributed by atoms with E-state index in [1.807, 2.05) is 79.7 Å². The number of esters is 1. The highest BCUT2D eigenvalue weighted by molar-refractivity contribution is 5.96. The highest BCUT2D eigenvalue weighted by atomic mass is 16.5. The molecule has 0 aliphatic heterocycles. The number of hydrogen-bond donors (Lipinski definition) is 2. The minimum atomic E-state index is -0.684. The number of carbonyl (C=O) groups excluding carboxylic acids is 3. The molecule has 0 aliphatic rings. The fraction of sp³-hybridized carbons (Fsp3) is 0.160. The fourth-order valence-corrected chi connectivity index (χ4v) is 3.00. The van der Waals surface area contributed by atoms with Crippen molar-refractivity contribution in [2.24, 2.45) is 0 Å².